The molecule has 0 amide bonds. The highest BCUT2D eigenvalue weighted by Crippen LogP contribution is 2.29. The molecule has 5 heterocycles. The van der Waals surface area contributed by atoms with Gasteiger partial charge in [-0.05, 0) is 24.6 Å². The van der Waals surface area contributed by atoms with Gasteiger partial charge in [-0.2, -0.15) is 4.37 Å². The highest BCUT2D eigenvalue weighted by molar-refractivity contribution is 7.08. The van der Waals surface area contributed by atoms with Crippen LogP contribution >= 0.6 is 11.5 Å². The predicted molar refractivity (Wildman–Crippen MR) is 121 cm³/mol. The van der Waals surface area contributed by atoms with Gasteiger partial charge in [0.2, 0.25) is 10.6 Å². The third-order valence-corrected chi connectivity index (χ3v) is 6.33. The summed E-state index contributed by atoms with van der Waals surface area (Å²) in [6, 6.07) is 4.69. The van der Waals surface area contributed by atoms with Gasteiger partial charge >= 0.3 is 5.97 Å². The van der Waals surface area contributed by atoms with E-state index in [1.807, 2.05) is 19.1 Å². The second-order valence-corrected chi connectivity index (χ2v) is 8.77. The zero-order chi connectivity index (χ0) is 24.0. The molecule has 1 saturated heterocycles. The number of carbonyl (C=O) groups is 2. The van der Waals surface area contributed by atoms with Crippen LogP contribution in [-0.4, -0.2) is 53.8 Å². The van der Waals surface area contributed by atoms with Crippen molar-refractivity contribution in [2.45, 2.75) is 13.3 Å². The number of rotatable bonds is 6. The molecule has 0 atom stereocenters. The SMILES string of the molecule is Cc1ccc(CC(=O)C2CN(c3nc4c(cc3F)c(=O)c(C(=O)O)cn4-c3ncns3)C2)nc1. The number of carboxylic acids is 1. The quantitative estimate of drug-likeness (QED) is 0.440. The molecule has 0 aromatic carbocycles. The molecule has 5 rings (SSSR count). The van der Waals surface area contributed by atoms with Gasteiger partial charge < -0.3 is 10.0 Å². The molecule has 0 saturated carbocycles. The highest BCUT2D eigenvalue weighted by Gasteiger charge is 2.35. The Balaban J connectivity index is 1.45. The molecule has 0 bridgehead atoms. The third-order valence-electron chi connectivity index (χ3n) is 5.66. The van der Waals surface area contributed by atoms with Crippen LogP contribution in [0.1, 0.15) is 21.6 Å². The molecular weight excluding hydrogens is 463 g/mol. The monoisotopic (exact) mass is 480 g/mol. The number of aromatic nitrogens is 5. The second-order valence-electron chi connectivity index (χ2n) is 8.01. The number of carboxylic acid groups (broad SMARTS) is 1. The summed E-state index contributed by atoms with van der Waals surface area (Å²) in [7, 11) is 0. The van der Waals surface area contributed by atoms with Crippen LogP contribution < -0.4 is 10.3 Å². The lowest BCUT2D eigenvalue weighted by molar-refractivity contribution is -0.123. The number of hydrogen-bond acceptors (Lipinski definition) is 9. The van der Waals surface area contributed by atoms with Gasteiger partial charge in [0.15, 0.2) is 17.3 Å². The van der Waals surface area contributed by atoms with Gasteiger partial charge in [-0.15, -0.1) is 0 Å². The average Bonchev–Trinajstić information content (AvgIpc) is 3.30. The van der Waals surface area contributed by atoms with Gasteiger partial charge in [0.1, 0.15) is 17.7 Å². The molecule has 0 spiro atoms. The van der Waals surface area contributed by atoms with Crippen LogP contribution in [0.4, 0.5) is 10.2 Å². The van der Waals surface area contributed by atoms with E-state index in [4.69, 9.17) is 0 Å². The lowest BCUT2D eigenvalue weighted by Gasteiger charge is -2.39. The van der Waals surface area contributed by atoms with Gasteiger partial charge in [0.05, 0.1) is 11.3 Å². The molecule has 34 heavy (non-hydrogen) atoms. The maximum Gasteiger partial charge on any atom is 0.341 e. The number of ketones is 1. The minimum Gasteiger partial charge on any atom is -0.477 e. The molecular formula is C22H17FN6O4S. The molecule has 4 aromatic rings. The Bertz CT molecular complexity index is 1480. The van der Waals surface area contributed by atoms with Crippen molar-refractivity contribution in [2.24, 2.45) is 5.92 Å². The molecule has 4 aromatic heterocycles. The number of anilines is 1. The zero-order valence-corrected chi connectivity index (χ0v) is 18.6. The first-order chi connectivity index (χ1) is 16.3. The smallest absolute Gasteiger partial charge is 0.341 e. The van der Waals surface area contributed by atoms with Crippen molar-refractivity contribution in [1.29, 1.82) is 0 Å². The molecule has 0 unspecified atom stereocenters. The molecule has 0 radical (unpaired) electrons. The van der Waals surface area contributed by atoms with Crippen molar-refractivity contribution in [1.82, 2.24) is 23.9 Å². The minimum atomic E-state index is -1.44. The average molecular weight is 480 g/mol. The highest BCUT2D eigenvalue weighted by atomic mass is 32.1. The number of halogens is 1. The van der Waals surface area contributed by atoms with Crippen LogP contribution in [0.25, 0.3) is 16.2 Å². The van der Waals surface area contributed by atoms with Crippen molar-refractivity contribution in [3.05, 3.63) is 69.8 Å². The van der Waals surface area contributed by atoms with Crippen LogP contribution in [0, 0.1) is 18.7 Å². The number of aromatic carboxylic acids is 1. The molecule has 1 aliphatic heterocycles. The number of fused-ring (bicyclic) bond motifs is 1. The summed E-state index contributed by atoms with van der Waals surface area (Å²) in [6.45, 7) is 2.47. The number of hydrogen-bond donors (Lipinski definition) is 1. The van der Waals surface area contributed by atoms with Gasteiger partial charge in [-0.3, -0.25) is 19.1 Å². The lowest BCUT2D eigenvalue weighted by Crippen LogP contribution is -2.51. The van der Waals surface area contributed by atoms with E-state index < -0.39 is 22.8 Å². The maximum atomic E-state index is 15.0. The summed E-state index contributed by atoms with van der Waals surface area (Å²) < 4.78 is 20.2. The molecule has 0 aliphatic carbocycles. The molecule has 1 N–H and O–H groups in total. The van der Waals surface area contributed by atoms with Gasteiger partial charge in [0.25, 0.3) is 0 Å². The van der Waals surface area contributed by atoms with E-state index in [0.29, 0.717) is 5.69 Å². The summed E-state index contributed by atoms with van der Waals surface area (Å²) in [5.41, 5.74) is 0.368. The number of carbonyl (C=O) groups excluding carboxylic acids is 1. The minimum absolute atomic E-state index is 0.00525. The van der Waals surface area contributed by atoms with E-state index in [1.165, 1.54) is 10.9 Å². The van der Waals surface area contributed by atoms with E-state index in [0.717, 1.165) is 29.4 Å². The third kappa shape index (κ3) is 3.81. The van der Waals surface area contributed by atoms with Crippen LogP contribution in [0.2, 0.25) is 0 Å². The van der Waals surface area contributed by atoms with Crippen LogP contribution in [0.15, 0.2) is 41.7 Å². The summed E-state index contributed by atoms with van der Waals surface area (Å²) in [4.78, 5) is 51.1. The standard InChI is InChI=1S/C22H17FN6O4S/c1-11-2-3-13(24-6-11)4-17(30)12-7-28(8-12)20-16(23)5-14-18(31)15(21(32)33)9-29(19(14)27-20)22-25-10-26-34-22/h2-3,5-6,9-10,12H,4,7-8H2,1H3,(H,32,33). The Morgan fingerprint density at radius 1 is 1.26 bits per heavy atom. The van der Waals surface area contributed by atoms with Gasteiger partial charge in [-0.25, -0.2) is 19.2 Å². The van der Waals surface area contributed by atoms with E-state index >= 15 is 0 Å². The Hall–Kier alpha value is -4.06. The fourth-order valence-electron chi connectivity index (χ4n) is 3.79. The summed E-state index contributed by atoms with van der Waals surface area (Å²) in [6.07, 6.45) is 4.29. The fraction of sp³-hybridized carbons (Fsp3) is 0.227. The Morgan fingerprint density at radius 3 is 2.71 bits per heavy atom. The van der Waals surface area contributed by atoms with Crippen LogP contribution in [-0.2, 0) is 11.2 Å². The predicted octanol–water partition coefficient (Wildman–Crippen LogP) is 2.03. The van der Waals surface area contributed by atoms with Crippen molar-refractivity contribution >= 4 is 40.1 Å². The van der Waals surface area contributed by atoms with Crippen molar-refractivity contribution in [3.63, 3.8) is 0 Å². The van der Waals surface area contributed by atoms with Crippen LogP contribution in [0.5, 0.6) is 0 Å². The first kappa shape index (κ1) is 21.8. The summed E-state index contributed by atoms with van der Waals surface area (Å²) >= 11 is 0.970. The first-order valence-electron chi connectivity index (χ1n) is 10.3. The zero-order valence-electron chi connectivity index (χ0n) is 17.8. The molecule has 1 fully saturated rings. The van der Waals surface area contributed by atoms with Gasteiger partial charge in [0, 0.05) is 49.1 Å². The maximum absolute atomic E-state index is 15.0. The molecule has 12 heteroatoms. The van der Waals surface area contributed by atoms with E-state index in [1.54, 1.807) is 11.1 Å². The summed E-state index contributed by atoms with van der Waals surface area (Å²) in [5, 5.41) is 9.49. The Kier molecular flexibility index (Phi) is 5.36. The second kappa shape index (κ2) is 8.37. The number of Topliss-reactive ketones (excluding diaryl/α,β-unsaturated/α-hetero) is 1. The summed E-state index contributed by atoms with van der Waals surface area (Å²) in [5.74, 6) is -2.53. The van der Waals surface area contributed by atoms with E-state index in [2.05, 4.69) is 19.3 Å². The number of pyridine rings is 3. The van der Waals surface area contributed by atoms with Crippen LogP contribution in [0.3, 0.4) is 0 Å². The number of nitrogens with zero attached hydrogens (tertiary/aromatic N) is 6. The largest absolute Gasteiger partial charge is 0.477 e. The topological polar surface area (TPSA) is 131 Å². The van der Waals surface area contributed by atoms with Crippen molar-refractivity contribution < 1.29 is 19.1 Å². The first-order valence-corrected chi connectivity index (χ1v) is 11.0. The van der Waals surface area contributed by atoms with E-state index in [-0.39, 0.29) is 53.2 Å². The van der Waals surface area contributed by atoms with Crippen molar-refractivity contribution in [3.8, 4) is 5.13 Å². The molecule has 1 aliphatic rings. The Morgan fingerprint density at radius 2 is 2.06 bits per heavy atom. The number of aryl methyl sites for hydroxylation is 1. The van der Waals surface area contributed by atoms with Crippen molar-refractivity contribution in [2.75, 3.05) is 18.0 Å². The molecule has 10 nitrogen and oxygen atoms in total. The molecule has 172 valence electrons. The Labute approximate surface area is 195 Å². The fourth-order valence-corrected chi connectivity index (χ4v) is 4.30. The lowest BCUT2D eigenvalue weighted by atomic mass is 9.92. The normalized spacial score (nSPS) is 13.8. The van der Waals surface area contributed by atoms with E-state index in [9.17, 15) is 23.9 Å². The van der Waals surface area contributed by atoms with Gasteiger partial charge in [-0.1, -0.05) is 6.07 Å².